The van der Waals surface area contributed by atoms with Gasteiger partial charge in [-0.25, -0.2) is 4.98 Å². The standard InChI is InChI=1S/C23H19N5O4S/c1-30-14-8-11(9-15(31-2)20(14)32-3)16-12(10-24)22(26)28-23-17(16)18(25)21(33-23)19(29)13-6-4-5-7-27-13/h4-9H,25H2,1-3H3,(H2,26,28). The first kappa shape index (κ1) is 21.9. The van der Waals surface area contributed by atoms with Crippen molar-refractivity contribution in [3.63, 3.8) is 0 Å². The van der Waals surface area contributed by atoms with E-state index in [9.17, 15) is 10.1 Å². The van der Waals surface area contributed by atoms with Gasteiger partial charge in [0.15, 0.2) is 11.5 Å². The maximum Gasteiger partial charge on any atom is 0.223 e. The third kappa shape index (κ3) is 3.54. The molecule has 3 aromatic heterocycles. The number of methoxy groups -OCH3 is 3. The highest BCUT2D eigenvalue weighted by Gasteiger charge is 2.26. The first-order valence-electron chi connectivity index (χ1n) is 9.62. The van der Waals surface area contributed by atoms with Crippen molar-refractivity contribution < 1.29 is 19.0 Å². The number of carbonyl (C=O) groups is 1. The predicted octanol–water partition coefficient (Wildman–Crippen LogP) is 3.65. The summed E-state index contributed by atoms with van der Waals surface area (Å²) < 4.78 is 16.3. The lowest BCUT2D eigenvalue weighted by molar-refractivity contribution is 0.103. The summed E-state index contributed by atoms with van der Waals surface area (Å²) in [5.41, 5.74) is 14.1. The molecular weight excluding hydrogens is 442 g/mol. The lowest BCUT2D eigenvalue weighted by atomic mass is 9.96. The van der Waals surface area contributed by atoms with Crippen LogP contribution in [0.15, 0.2) is 36.5 Å². The molecule has 4 rings (SSSR count). The fourth-order valence-corrected chi connectivity index (χ4v) is 4.64. The van der Waals surface area contributed by atoms with E-state index in [4.69, 9.17) is 25.7 Å². The number of benzene rings is 1. The second-order valence-corrected chi connectivity index (χ2v) is 7.84. The number of hydrogen-bond donors (Lipinski definition) is 2. The Bertz CT molecular complexity index is 1400. The van der Waals surface area contributed by atoms with Crippen LogP contribution in [0.25, 0.3) is 21.3 Å². The predicted molar refractivity (Wildman–Crippen MR) is 126 cm³/mol. The first-order valence-corrected chi connectivity index (χ1v) is 10.4. The maximum atomic E-state index is 13.1. The van der Waals surface area contributed by atoms with Gasteiger partial charge in [-0.3, -0.25) is 9.78 Å². The summed E-state index contributed by atoms with van der Waals surface area (Å²) in [5, 5.41) is 10.3. The summed E-state index contributed by atoms with van der Waals surface area (Å²) in [6.07, 6.45) is 1.53. The van der Waals surface area contributed by atoms with E-state index >= 15 is 0 Å². The number of nitrogen functional groups attached to an aromatic ring is 2. The topological polar surface area (TPSA) is 146 Å². The monoisotopic (exact) mass is 461 g/mol. The minimum Gasteiger partial charge on any atom is -0.493 e. The number of rotatable bonds is 6. The second-order valence-electron chi connectivity index (χ2n) is 6.84. The molecule has 0 aliphatic carbocycles. The first-order chi connectivity index (χ1) is 15.9. The Labute approximate surface area is 193 Å². The number of thiophene rings is 1. The number of fused-ring (bicyclic) bond motifs is 1. The highest BCUT2D eigenvalue weighted by atomic mass is 32.1. The number of nitrogens with zero attached hydrogens (tertiary/aromatic N) is 3. The van der Waals surface area contributed by atoms with E-state index in [1.54, 1.807) is 30.3 Å². The van der Waals surface area contributed by atoms with Crippen molar-refractivity contribution >= 4 is 38.8 Å². The zero-order valence-corrected chi connectivity index (χ0v) is 18.8. The van der Waals surface area contributed by atoms with E-state index in [1.807, 2.05) is 0 Å². The van der Waals surface area contributed by atoms with Crippen LogP contribution < -0.4 is 25.7 Å². The molecule has 0 aliphatic heterocycles. The Morgan fingerprint density at radius 3 is 2.33 bits per heavy atom. The van der Waals surface area contributed by atoms with Crippen molar-refractivity contribution in [2.45, 2.75) is 0 Å². The van der Waals surface area contributed by atoms with Crippen molar-refractivity contribution in [1.29, 1.82) is 5.26 Å². The SMILES string of the molecule is COc1cc(-c2c(C#N)c(N)nc3sc(C(=O)c4ccccn4)c(N)c23)cc(OC)c1OC. The summed E-state index contributed by atoms with van der Waals surface area (Å²) >= 11 is 1.09. The second kappa shape index (κ2) is 8.64. The van der Waals surface area contributed by atoms with Gasteiger partial charge in [0.05, 0.1) is 27.0 Å². The number of aromatic nitrogens is 2. The van der Waals surface area contributed by atoms with Crippen LogP contribution in [0.5, 0.6) is 17.2 Å². The number of nitrogens with two attached hydrogens (primary N) is 2. The molecule has 4 aromatic rings. The number of ketones is 1. The highest BCUT2D eigenvalue weighted by Crippen LogP contribution is 2.47. The zero-order chi connectivity index (χ0) is 23.7. The third-order valence-electron chi connectivity index (χ3n) is 5.07. The quantitative estimate of drug-likeness (QED) is 0.411. The van der Waals surface area contributed by atoms with Crippen LogP contribution in [0.1, 0.15) is 20.9 Å². The van der Waals surface area contributed by atoms with Crippen molar-refractivity contribution in [1.82, 2.24) is 9.97 Å². The van der Waals surface area contributed by atoms with Gasteiger partial charge in [-0.1, -0.05) is 6.07 Å². The van der Waals surface area contributed by atoms with E-state index in [0.29, 0.717) is 38.6 Å². The molecule has 166 valence electrons. The van der Waals surface area contributed by atoms with E-state index in [0.717, 1.165) is 11.3 Å². The maximum absolute atomic E-state index is 13.1. The van der Waals surface area contributed by atoms with Crippen LogP contribution in [0.2, 0.25) is 0 Å². The number of hydrogen-bond acceptors (Lipinski definition) is 10. The molecular formula is C23H19N5O4S. The Kier molecular flexibility index (Phi) is 5.72. The van der Waals surface area contributed by atoms with Gasteiger partial charge in [-0.2, -0.15) is 5.26 Å². The lowest BCUT2D eigenvalue weighted by Gasteiger charge is -2.16. The summed E-state index contributed by atoms with van der Waals surface area (Å²) in [5.74, 6) is 0.844. The van der Waals surface area contributed by atoms with Crippen molar-refractivity contribution in [2.24, 2.45) is 0 Å². The van der Waals surface area contributed by atoms with Crippen LogP contribution in [0, 0.1) is 11.3 Å². The van der Waals surface area contributed by atoms with E-state index in [-0.39, 0.29) is 33.4 Å². The summed E-state index contributed by atoms with van der Waals surface area (Å²) in [6.45, 7) is 0. The Morgan fingerprint density at radius 1 is 1.09 bits per heavy atom. The van der Waals surface area contributed by atoms with Crippen LogP contribution in [-0.2, 0) is 0 Å². The van der Waals surface area contributed by atoms with Crippen molar-refractivity contribution in [3.05, 3.63) is 52.7 Å². The third-order valence-corrected chi connectivity index (χ3v) is 6.17. The molecule has 0 unspecified atom stereocenters. The van der Waals surface area contributed by atoms with Crippen LogP contribution in [0.3, 0.4) is 0 Å². The molecule has 1 aromatic carbocycles. The van der Waals surface area contributed by atoms with Gasteiger partial charge in [0.2, 0.25) is 11.5 Å². The molecule has 9 nitrogen and oxygen atoms in total. The van der Waals surface area contributed by atoms with Crippen molar-refractivity contribution in [2.75, 3.05) is 32.8 Å². The smallest absolute Gasteiger partial charge is 0.223 e. The normalized spacial score (nSPS) is 10.6. The van der Waals surface area contributed by atoms with Gasteiger partial charge in [0, 0.05) is 17.1 Å². The molecule has 0 bridgehead atoms. The molecule has 0 radical (unpaired) electrons. The fourth-order valence-electron chi connectivity index (χ4n) is 3.58. The van der Waals surface area contributed by atoms with Gasteiger partial charge in [-0.15, -0.1) is 11.3 Å². The molecule has 3 heterocycles. The molecule has 0 amide bonds. The van der Waals surface area contributed by atoms with Gasteiger partial charge >= 0.3 is 0 Å². The van der Waals surface area contributed by atoms with Gasteiger partial charge in [-0.05, 0) is 29.8 Å². The lowest BCUT2D eigenvalue weighted by Crippen LogP contribution is -2.04. The van der Waals surface area contributed by atoms with E-state index in [1.165, 1.54) is 27.5 Å². The molecule has 10 heteroatoms. The molecule has 0 saturated carbocycles. The van der Waals surface area contributed by atoms with Crippen LogP contribution in [0.4, 0.5) is 11.5 Å². The van der Waals surface area contributed by atoms with Crippen LogP contribution in [-0.4, -0.2) is 37.1 Å². The summed E-state index contributed by atoms with van der Waals surface area (Å²) in [6, 6.07) is 10.5. The largest absolute Gasteiger partial charge is 0.493 e. The Hall–Kier alpha value is -4.36. The van der Waals surface area contributed by atoms with E-state index < -0.39 is 0 Å². The summed E-state index contributed by atoms with van der Waals surface area (Å²) in [4.78, 5) is 22.2. The van der Waals surface area contributed by atoms with Gasteiger partial charge < -0.3 is 25.7 Å². The Morgan fingerprint density at radius 2 is 1.79 bits per heavy atom. The molecule has 0 aliphatic rings. The molecule has 33 heavy (non-hydrogen) atoms. The number of pyridine rings is 2. The fraction of sp³-hybridized carbons (Fsp3) is 0.130. The summed E-state index contributed by atoms with van der Waals surface area (Å²) in [7, 11) is 4.48. The van der Waals surface area contributed by atoms with E-state index in [2.05, 4.69) is 16.0 Å². The highest BCUT2D eigenvalue weighted by molar-refractivity contribution is 7.21. The number of carbonyl (C=O) groups excluding carboxylic acids is 1. The molecule has 0 fully saturated rings. The average Bonchev–Trinajstić information content (AvgIpc) is 3.17. The minimum atomic E-state index is -0.343. The average molecular weight is 462 g/mol. The number of nitriles is 1. The molecule has 4 N–H and O–H groups in total. The molecule has 0 atom stereocenters. The Balaban J connectivity index is 2.06. The molecule has 0 saturated heterocycles. The molecule has 0 spiro atoms. The van der Waals surface area contributed by atoms with Gasteiger partial charge in [0.25, 0.3) is 0 Å². The minimum absolute atomic E-state index is 0.0202. The number of anilines is 2. The van der Waals surface area contributed by atoms with Gasteiger partial charge in [0.1, 0.15) is 32.9 Å². The zero-order valence-electron chi connectivity index (χ0n) is 18.0. The van der Waals surface area contributed by atoms with Crippen LogP contribution >= 0.6 is 11.3 Å². The number of ether oxygens (including phenoxy) is 3. The van der Waals surface area contributed by atoms with Crippen molar-refractivity contribution in [3.8, 4) is 34.4 Å².